The van der Waals surface area contributed by atoms with Gasteiger partial charge in [-0.1, -0.05) is 35.4 Å². The minimum Gasteiger partial charge on any atom is -0.465 e. The van der Waals surface area contributed by atoms with Gasteiger partial charge in [0.15, 0.2) is 15.1 Å². The maximum Gasteiger partial charge on any atom is 0.328 e. The average Bonchev–Trinajstić information content (AvgIpc) is 2.66. The fourth-order valence-corrected chi connectivity index (χ4v) is 4.49. The monoisotopic (exact) mass is 474 g/mol. The molecule has 2 rings (SSSR count). The first-order chi connectivity index (χ1) is 14.6. The van der Waals surface area contributed by atoms with E-state index >= 15 is 0 Å². The molecule has 0 saturated carbocycles. The number of hydrogen-bond acceptors (Lipinski definition) is 8. The van der Waals surface area contributed by atoms with Crippen molar-refractivity contribution in [3.63, 3.8) is 0 Å². The predicted molar refractivity (Wildman–Crippen MR) is 112 cm³/mol. The summed E-state index contributed by atoms with van der Waals surface area (Å²) in [4.78, 5) is 27.1. The topological polar surface area (TPSA) is 125 Å². The first kappa shape index (κ1) is 24.4. The van der Waals surface area contributed by atoms with E-state index in [-0.39, 0.29) is 28.6 Å². The third-order valence-corrected chi connectivity index (χ3v) is 6.35. The van der Waals surface area contributed by atoms with E-state index in [1.165, 1.54) is 31.2 Å². The second-order valence-electron chi connectivity index (χ2n) is 6.37. The normalized spacial score (nSPS) is 12.1. The Morgan fingerprint density at radius 1 is 1.32 bits per heavy atom. The van der Waals surface area contributed by atoms with Gasteiger partial charge in [-0.3, -0.25) is 4.79 Å². The van der Waals surface area contributed by atoms with Crippen LogP contribution in [0.1, 0.15) is 23.3 Å². The first-order valence-electron chi connectivity index (χ1n) is 9.04. The molecule has 0 fully saturated rings. The van der Waals surface area contributed by atoms with Crippen LogP contribution in [-0.2, 0) is 24.2 Å². The van der Waals surface area contributed by atoms with E-state index in [2.05, 4.69) is 10.2 Å². The van der Waals surface area contributed by atoms with Crippen LogP contribution in [0.25, 0.3) is 0 Å². The maximum absolute atomic E-state index is 14.3. The number of halogens is 2. The lowest BCUT2D eigenvalue weighted by Crippen LogP contribution is -2.29. The number of aryl methyl sites for hydroxylation is 1. The molecule has 168 valence electrons. The van der Waals surface area contributed by atoms with Crippen molar-refractivity contribution in [2.75, 3.05) is 24.3 Å². The SMILES string of the molecule is CCOC(=O)C(c1cc(C)ccc1Nc1c(F)cccc1Cl)S(=O)(=O)CCO[N+](=O)[O-]. The highest BCUT2D eigenvalue weighted by molar-refractivity contribution is 7.92. The summed E-state index contributed by atoms with van der Waals surface area (Å²) >= 11 is 6.05. The van der Waals surface area contributed by atoms with Crippen LogP contribution < -0.4 is 5.32 Å². The molecule has 0 saturated heterocycles. The molecule has 0 aliphatic heterocycles. The predicted octanol–water partition coefficient (Wildman–Crippen LogP) is 3.76. The van der Waals surface area contributed by atoms with Crippen LogP contribution in [0.4, 0.5) is 15.8 Å². The quantitative estimate of drug-likeness (QED) is 0.313. The minimum absolute atomic E-state index is 0.0149. The molecule has 2 aromatic carbocycles. The summed E-state index contributed by atoms with van der Waals surface area (Å²) in [7, 11) is -4.32. The smallest absolute Gasteiger partial charge is 0.328 e. The number of ether oxygens (including phenoxy) is 1. The molecule has 1 N–H and O–H groups in total. The number of sulfone groups is 1. The molecule has 0 spiro atoms. The highest BCUT2D eigenvalue weighted by Gasteiger charge is 2.37. The number of carbonyl (C=O) groups excluding carboxylic acids is 1. The van der Waals surface area contributed by atoms with Gasteiger partial charge < -0.3 is 14.9 Å². The fraction of sp³-hybridized carbons (Fsp3) is 0.316. The highest BCUT2D eigenvalue weighted by Crippen LogP contribution is 2.36. The van der Waals surface area contributed by atoms with Crippen molar-refractivity contribution in [3.05, 3.63) is 68.5 Å². The fourth-order valence-electron chi connectivity index (χ4n) is 2.80. The van der Waals surface area contributed by atoms with E-state index in [1.54, 1.807) is 13.0 Å². The molecule has 0 aliphatic carbocycles. The van der Waals surface area contributed by atoms with Gasteiger partial charge in [-0.25, -0.2) is 12.8 Å². The van der Waals surface area contributed by atoms with Gasteiger partial charge in [0.1, 0.15) is 12.4 Å². The Hall–Kier alpha value is -2.92. The number of rotatable bonds is 10. The molecule has 0 radical (unpaired) electrons. The summed E-state index contributed by atoms with van der Waals surface area (Å²) in [5.74, 6) is -2.57. The molecule has 0 heterocycles. The number of nitrogens with zero attached hydrogens (tertiary/aromatic N) is 1. The molecule has 1 atom stereocenters. The number of nitrogens with one attached hydrogen (secondary N) is 1. The number of anilines is 2. The largest absolute Gasteiger partial charge is 0.465 e. The van der Waals surface area contributed by atoms with E-state index < -0.39 is 44.3 Å². The summed E-state index contributed by atoms with van der Waals surface area (Å²) in [6.45, 7) is 2.32. The Bertz CT molecular complexity index is 1060. The number of esters is 1. The molecular formula is C19H20ClFN2O7S. The van der Waals surface area contributed by atoms with Gasteiger partial charge >= 0.3 is 5.97 Å². The van der Waals surface area contributed by atoms with Crippen molar-refractivity contribution in [2.24, 2.45) is 0 Å². The lowest BCUT2D eigenvalue weighted by Gasteiger charge is -2.21. The molecule has 12 heteroatoms. The third-order valence-electron chi connectivity index (χ3n) is 4.14. The van der Waals surface area contributed by atoms with Crippen LogP contribution in [0.2, 0.25) is 5.02 Å². The van der Waals surface area contributed by atoms with Gasteiger partial charge in [0, 0.05) is 11.3 Å². The number of benzene rings is 2. The van der Waals surface area contributed by atoms with Crippen molar-refractivity contribution < 1.29 is 32.3 Å². The van der Waals surface area contributed by atoms with Gasteiger partial charge in [-0.15, -0.1) is 10.1 Å². The molecule has 0 amide bonds. The summed E-state index contributed by atoms with van der Waals surface area (Å²) in [6.07, 6.45) is 0. The average molecular weight is 475 g/mol. The Labute approximate surface area is 183 Å². The summed E-state index contributed by atoms with van der Waals surface area (Å²) < 4.78 is 45.1. The molecule has 2 aromatic rings. The Kier molecular flexibility index (Phi) is 8.17. The van der Waals surface area contributed by atoms with Crippen molar-refractivity contribution in [1.29, 1.82) is 0 Å². The molecule has 0 bridgehead atoms. The molecule has 31 heavy (non-hydrogen) atoms. The Balaban J connectivity index is 2.56. The van der Waals surface area contributed by atoms with E-state index in [0.29, 0.717) is 5.56 Å². The number of carbonyl (C=O) groups is 1. The molecular weight excluding hydrogens is 455 g/mol. The standard InChI is InChI=1S/C19H20ClFN2O7S/c1-3-29-19(24)18(31(27,28)10-9-30-23(25)26)13-11-12(2)7-8-16(13)22-17-14(20)5-4-6-15(17)21/h4-8,11,18,22H,3,9-10H2,1-2H3. The van der Waals surface area contributed by atoms with Crippen molar-refractivity contribution in [2.45, 2.75) is 19.1 Å². The van der Waals surface area contributed by atoms with E-state index in [0.717, 1.165) is 6.07 Å². The van der Waals surface area contributed by atoms with Gasteiger partial charge in [0.2, 0.25) is 0 Å². The minimum atomic E-state index is -4.32. The van der Waals surface area contributed by atoms with Crippen LogP contribution in [0, 0.1) is 22.9 Å². The van der Waals surface area contributed by atoms with E-state index in [4.69, 9.17) is 16.3 Å². The second kappa shape index (κ2) is 10.4. The van der Waals surface area contributed by atoms with Crippen LogP contribution in [0.5, 0.6) is 0 Å². The highest BCUT2D eigenvalue weighted by atomic mass is 35.5. The van der Waals surface area contributed by atoms with Crippen LogP contribution in [0.15, 0.2) is 36.4 Å². The molecule has 0 aliphatic rings. The molecule has 1 unspecified atom stereocenters. The Morgan fingerprint density at radius 2 is 2.03 bits per heavy atom. The third kappa shape index (κ3) is 6.28. The summed E-state index contributed by atoms with van der Waals surface area (Å²) in [6, 6.07) is 8.55. The van der Waals surface area contributed by atoms with Crippen LogP contribution >= 0.6 is 11.6 Å². The van der Waals surface area contributed by atoms with Gasteiger partial charge in [-0.05, 0) is 32.0 Å². The van der Waals surface area contributed by atoms with Crippen LogP contribution in [0.3, 0.4) is 0 Å². The lowest BCUT2D eigenvalue weighted by molar-refractivity contribution is -0.756. The first-order valence-corrected chi connectivity index (χ1v) is 11.1. The number of hydrogen-bond donors (Lipinski definition) is 1. The zero-order valence-electron chi connectivity index (χ0n) is 16.6. The lowest BCUT2D eigenvalue weighted by atomic mass is 10.1. The summed E-state index contributed by atoms with van der Waals surface area (Å²) in [5, 5.41) is 10.2. The molecule has 9 nitrogen and oxygen atoms in total. The zero-order valence-corrected chi connectivity index (χ0v) is 18.2. The summed E-state index contributed by atoms with van der Waals surface area (Å²) in [5.41, 5.74) is 0.602. The number of para-hydroxylation sites is 1. The van der Waals surface area contributed by atoms with Gasteiger partial charge in [0.05, 0.1) is 23.1 Å². The van der Waals surface area contributed by atoms with E-state index in [1.807, 2.05) is 0 Å². The van der Waals surface area contributed by atoms with E-state index in [9.17, 15) is 27.7 Å². The van der Waals surface area contributed by atoms with Crippen molar-refractivity contribution in [3.8, 4) is 0 Å². The molecule has 0 aromatic heterocycles. The Morgan fingerprint density at radius 3 is 2.65 bits per heavy atom. The second-order valence-corrected chi connectivity index (χ2v) is 8.98. The van der Waals surface area contributed by atoms with Crippen LogP contribution in [-0.4, -0.2) is 38.4 Å². The van der Waals surface area contributed by atoms with Crippen molar-refractivity contribution >= 4 is 38.8 Å². The zero-order chi connectivity index (χ0) is 23.2. The maximum atomic E-state index is 14.3. The van der Waals surface area contributed by atoms with Gasteiger partial charge in [0.25, 0.3) is 5.09 Å². The van der Waals surface area contributed by atoms with Crippen molar-refractivity contribution in [1.82, 2.24) is 0 Å². The van der Waals surface area contributed by atoms with Gasteiger partial charge in [-0.2, -0.15) is 0 Å².